The number of nitrogens with one attached hydrogen (secondary N) is 2. The van der Waals surface area contributed by atoms with Crippen LogP contribution >= 0.6 is 0 Å². The molecule has 2 N–H and O–H groups in total. The molecule has 2 aromatic rings. The molecule has 0 aliphatic heterocycles. The number of anilines is 1. The summed E-state index contributed by atoms with van der Waals surface area (Å²) in [6.07, 6.45) is 2.04. The number of benzene rings is 2. The second-order valence-corrected chi connectivity index (χ2v) is 8.74. The van der Waals surface area contributed by atoms with Crippen LogP contribution in [0.4, 0.5) is 5.69 Å². The molecule has 0 spiro atoms. The van der Waals surface area contributed by atoms with Crippen molar-refractivity contribution in [3.05, 3.63) is 59.7 Å². The van der Waals surface area contributed by atoms with Crippen LogP contribution < -0.4 is 10.6 Å². The summed E-state index contributed by atoms with van der Waals surface area (Å²) in [7, 11) is -0.634. The van der Waals surface area contributed by atoms with Gasteiger partial charge in [-0.3, -0.25) is 9.59 Å². The Kier molecular flexibility index (Phi) is 5.29. The Morgan fingerprint density at radius 2 is 1.41 bits per heavy atom. The minimum Gasteiger partial charge on any atom is -0.349 e. The van der Waals surface area contributed by atoms with Crippen LogP contribution in [0.3, 0.4) is 0 Å². The Hall–Kier alpha value is -2.71. The molecule has 0 aromatic heterocycles. The summed E-state index contributed by atoms with van der Waals surface area (Å²) < 4.78 is 25.2. The van der Waals surface area contributed by atoms with Gasteiger partial charge in [-0.1, -0.05) is 0 Å². The molecule has 0 radical (unpaired) electrons. The molecule has 7 nitrogen and oxygen atoms in total. The van der Waals surface area contributed by atoms with Crippen LogP contribution in [-0.4, -0.2) is 44.7 Å². The first-order valence-corrected chi connectivity index (χ1v) is 9.96. The van der Waals surface area contributed by atoms with Gasteiger partial charge in [-0.25, -0.2) is 12.7 Å². The number of carbonyl (C=O) groups excluding carboxylic acids is 2. The maximum atomic E-state index is 12.3. The highest BCUT2D eigenvalue weighted by Gasteiger charge is 2.23. The molecule has 3 rings (SSSR count). The molecule has 0 heterocycles. The molecule has 1 aliphatic carbocycles. The van der Waals surface area contributed by atoms with E-state index in [0.717, 1.165) is 17.1 Å². The lowest BCUT2D eigenvalue weighted by Crippen LogP contribution is -2.25. The van der Waals surface area contributed by atoms with Gasteiger partial charge < -0.3 is 10.6 Å². The van der Waals surface area contributed by atoms with Gasteiger partial charge in [0.2, 0.25) is 10.0 Å². The highest BCUT2D eigenvalue weighted by Crippen LogP contribution is 2.20. The van der Waals surface area contributed by atoms with Gasteiger partial charge in [0.15, 0.2) is 0 Å². The van der Waals surface area contributed by atoms with Crippen LogP contribution in [0.1, 0.15) is 33.6 Å². The first-order chi connectivity index (χ1) is 12.8. The van der Waals surface area contributed by atoms with Crippen LogP contribution in [0.15, 0.2) is 53.4 Å². The number of nitrogens with zero attached hydrogens (tertiary/aromatic N) is 1. The Balaban J connectivity index is 1.65. The zero-order valence-corrected chi connectivity index (χ0v) is 15.9. The summed E-state index contributed by atoms with van der Waals surface area (Å²) in [6, 6.07) is 12.6. The van der Waals surface area contributed by atoms with Crippen LogP contribution in [0.25, 0.3) is 0 Å². The fourth-order valence-corrected chi connectivity index (χ4v) is 3.30. The second kappa shape index (κ2) is 7.50. The normalized spacial score (nSPS) is 14.0. The third-order valence-corrected chi connectivity index (χ3v) is 6.04. The highest BCUT2D eigenvalue weighted by atomic mass is 32.2. The quantitative estimate of drug-likeness (QED) is 0.793. The van der Waals surface area contributed by atoms with E-state index in [4.69, 9.17) is 0 Å². The number of sulfonamides is 1. The molecule has 142 valence electrons. The topological polar surface area (TPSA) is 95.6 Å². The van der Waals surface area contributed by atoms with Crippen LogP contribution in [0.2, 0.25) is 0 Å². The summed E-state index contributed by atoms with van der Waals surface area (Å²) in [5.74, 6) is -0.480. The largest absolute Gasteiger partial charge is 0.349 e. The van der Waals surface area contributed by atoms with Crippen molar-refractivity contribution in [1.29, 1.82) is 0 Å². The van der Waals surface area contributed by atoms with Crippen molar-refractivity contribution >= 4 is 27.5 Å². The van der Waals surface area contributed by atoms with E-state index in [2.05, 4.69) is 10.6 Å². The Morgan fingerprint density at radius 3 is 1.93 bits per heavy atom. The van der Waals surface area contributed by atoms with E-state index in [1.165, 1.54) is 38.4 Å². The molecule has 2 aromatic carbocycles. The highest BCUT2D eigenvalue weighted by molar-refractivity contribution is 7.89. The lowest BCUT2D eigenvalue weighted by molar-refractivity contribution is 0.0950. The van der Waals surface area contributed by atoms with Crippen molar-refractivity contribution in [3.63, 3.8) is 0 Å². The fraction of sp³-hybridized carbons (Fsp3) is 0.263. The van der Waals surface area contributed by atoms with E-state index in [1.54, 1.807) is 24.3 Å². The Bertz CT molecular complexity index is 947. The molecule has 0 saturated heterocycles. The molecule has 1 fully saturated rings. The van der Waals surface area contributed by atoms with E-state index >= 15 is 0 Å². The van der Waals surface area contributed by atoms with Gasteiger partial charge in [-0.2, -0.15) is 0 Å². The number of hydrogen-bond acceptors (Lipinski definition) is 4. The average molecular weight is 387 g/mol. The first-order valence-electron chi connectivity index (χ1n) is 8.52. The van der Waals surface area contributed by atoms with E-state index < -0.39 is 10.0 Å². The predicted octanol–water partition coefficient (Wildman–Crippen LogP) is 2.08. The monoisotopic (exact) mass is 387 g/mol. The summed E-state index contributed by atoms with van der Waals surface area (Å²) in [6.45, 7) is 0. The van der Waals surface area contributed by atoms with Gasteiger partial charge in [0.25, 0.3) is 11.8 Å². The SMILES string of the molecule is CN(C)S(=O)(=O)c1ccc(C(=O)Nc2ccc(C(=O)NC3CC3)cc2)cc1. The van der Waals surface area contributed by atoms with Crippen LogP contribution in [-0.2, 0) is 10.0 Å². The number of rotatable bonds is 6. The van der Waals surface area contributed by atoms with Crippen LogP contribution in [0.5, 0.6) is 0 Å². The van der Waals surface area contributed by atoms with Crippen molar-refractivity contribution in [2.45, 2.75) is 23.8 Å². The summed E-state index contributed by atoms with van der Waals surface area (Å²) in [4.78, 5) is 24.4. The van der Waals surface area contributed by atoms with Gasteiger partial charge in [0.1, 0.15) is 0 Å². The van der Waals surface area contributed by atoms with Crippen molar-refractivity contribution in [1.82, 2.24) is 9.62 Å². The predicted molar refractivity (Wildman–Crippen MR) is 102 cm³/mol. The third kappa shape index (κ3) is 4.53. The molecule has 2 amide bonds. The fourth-order valence-electron chi connectivity index (χ4n) is 2.39. The number of carbonyl (C=O) groups is 2. The van der Waals surface area contributed by atoms with Gasteiger partial charge >= 0.3 is 0 Å². The van der Waals surface area contributed by atoms with Crippen molar-refractivity contribution in [2.24, 2.45) is 0 Å². The standard InChI is InChI=1S/C19H21N3O4S/c1-22(2)27(25,26)17-11-5-14(6-12-17)19(24)20-15-7-3-13(4-8-15)18(23)21-16-9-10-16/h3-8,11-12,16H,9-10H2,1-2H3,(H,20,24)(H,21,23). The molecule has 1 aliphatic rings. The number of amides is 2. The van der Waals surface area contributed by atoms with Crippen molar-refractivity contribution < 1.29 is 18.0 Å². The minimum absolute atomic E-state index is 0.118. The van der Waals surface area contributed by atoms with Crippen molar-refractivity contribution in [3.8, 4) is 0 Å². The molecular weight excluding hydrogens is 366 g/mol. The molecule has 1 saturated carbocycles. The second-order valence-electron chi connectivity index (χ2n) is 6.59. The molecule has 8 heteroatoms. The van der Waals surface area contributed by atoms with E-state index in [-0.39, 0.29) is 22.8 Å². The molecular formula is C19H21N3O4S. The maximum absolute atomic E-state index is 12.3. The first kappa shape index (κ1) is 19.1. The van der Waals surface area contributed by atoms with E-state index in [1.807, 2.05) is 0 Å². The van der Waals surface area contributed by atoms with E-state index in [9.17, 15) is 18.0 Å². The lowest BCUT2D eigenvalue weighted by Gasteiger charge is -2.12. The lowest BCUT2D eigenvalue weighted by atomic mass is 10.1. The molecule has 0 unspecified atom stereocenters. The average Bonchev–Trinajstić information content (AvgIpc) is 3.46. The van der Waals surface area contributed by atoms with Gasteiger partial charge in [0.05, 0.1) is 4.90 Å². The van der Waals surface area contributed by atoms with Crippen molar-refractivity contribution in [2.75, 3.05) is 19.4 Å². The minimum atomic E-state index is -3.53. The summed E-state index contributed by atoms with van der Waals surface area (Å²) >= 11 is 0. The third-order valence-electron chi connectivity index (χ3n) is 4.21. The zero-order valence-electron chi connectivity index (χ0n) is 15.1. The summed E-state index contributed by atoms with van der Waals surface area (Å²) in [5, 5.41) is 5.63. The Labute approximate surface area is 158 Å². The molecule has 0 atom stereocenters. The maximum Gasteiger partial charge on any atom is 0.255 e. The summed E-state index contributed by atoms with van der Waals surface area (Å²) in [5.41, 5.74) is 1.43. The van der Waals surface area contributed by atoms with Gasteiger partial charge in [0, 0.05) is 37.0 Å². The molecule has 0 bridgehead atoms. The van der Waals surface area contributed by atoms with Crippen LogP contribution in [0, 0.1) is 0 Å². The van der Waals surface area contributed by atoms with Gasteiger partial charge in [-0.15, -0.1) is 0 Å². The van der Waals surface area contributed by atoms with E-state index in [0.29, 0.717) is 16.8 Å². The Morgan fingerprint density at radius 1 is 0.889 bits per heavy atom. The number of hydrogen-bond donors (Lipinski definition) is 2. The molecule has 27 heavy (non-hydrogen) atoms. The smallest absolute Gasteiger partial charge is 0.255 e. The van der Waals surface area contributed by atoms with Gasteiger partial charge in [-0.05, 0) is 61.4 Å². The zero-order chi connectivity index (χ0) is 19.6.